The Morgan fingerprint density at radius 3 is 3.05 bits per heavy atom. The van der Waals surface area contributed by atoms with Gasteiger partial charge in [-0.25, -0.2) is 0 Å². The maximum atomic E-state index is 12.1. The van der Waals surface area contributed by atoms with E-state index in [2.05, 4.69) is 21.7 Å². The van der Waals surface area contributed by atoms with Crippen molar-refractivity contribution in [3.05, 3.63) is 11.6 Å². The van der Waals surface area contributed by atoms with Crippen LogP contribution in [0.25, 0.3) is 0 Å². The van der Waals surface area contributed by atoms with E-state index in [1.54, 1.807) is 11.9 Å². The fraction of sp³-hybridized carbons (Fsp3) is 0.769. The highest BCUT2D eigenvalue weighted by molar-refractivity contribution is 5.81. The molecule has 6 heteroatoms. The molecule has 6 nitrogen and oxygen atoms in total. The Kier molecular flexibility index (Phi) is 4.52. The second kappa shape index (κ2) is 6.14. The second-order valence-electron chi connectivity index (χ2n) is 5.23. The van der Waals surface area contributed by atoms with Gasteiger partial charge in [0.25, 0.3) is 0 Å². The fourth-order valence-electron chi connectivity index (χ4n) is 2.45. The number of nitrogens with zero attached hydrogens (tertiary/aromatic N) is 4. The topological polar surface area (TPSA) is 77.0 Å². The molecule has 1 aliphatic rings. The van der Waals surface area contributed by atoms with Crippen LogP contribution in [0.5, 0.6) is 0 Å². The lowest BCUT2D eigenvalue weighted by atomic mass is 10.1. The molecule has 2 heterocycles. The van der Waals surface area contributed by atoms with Crippen molar-refractivity contribution < 1.29 is 4.79 Å². The number of hydrogen-bond donors (Lipinski definition) is 1. The molecule has 0 radical (unpaired) electrons. The van der Waals surface area contributed by atoms with E-state index in [1.165, 1.54) is 0 Å². The Morgan fingerprint density at radius 1 is 1.53 bits per heavy atom. The predicted octanol–water partition coefficient (Wildman–Crippen LogP) is 0.700. The Bertz CT molecular complexity index is 442. The van der Waals surface area contributed by atoms with Crippen LogP contribution < -0.4 is 5.73 Å². The minimum Gasteiger partial charge on any atom is -0.337 e. The summed E-state index contributed by atoms with van der Waals surface area (Å²) < 4.78 is 2.11. The monoisotopic (exact) mass is 265 g/mol. The summed E-state index contributed by atoms with van der Waals surface area (Å²) in [7, 11) is 1.78. The van der Waals surface area contributed by atoms with E-state index in [-0.39, 0.29) is 5.91 Å². The van der Waals surface area contributed by atoms with Crippen molar-refractivity contribution in [2.75, 3.05) is 7.05 Å². The first-order valence-corrected chi connectivity index (χ1v) is 7.05. The van der Waals surface area contributed by atoms with Gasteiger partial charge in [0.15, 0.2) is 5.82 Å². The lowest BCUT2D eigenvalue weighted by Gasteiger charge is -2.20. The molecule has 0 aromatic carbocycles. The molecule has 0 spiro atoms. The molecule has 0 fully saturated rings. The number of likely N-dealkylation sites (N-methyl/N-ethyl adjacent to an activating group) is 1. The van der Waals surface area contributed by atoms with Gasteiger partial charge in [-0.1, -0.05) is 19.8 Å². The van der Waals surface area contributed by atoms with Crippen molar-refractivity contribution in [1.29, 1.82) is 0 Å². The van der Waals surface area contributed by atoms with Gasteiger partial charge in [-0.15, -0.1) is 10.2 Å². The van der Waals surface area contributed by atoms with Gasteiger partial charge in [0.2, 0.25) is 5.91 Å². The van der Waals surface area contributed by atoms with E-state index in [1.807, 2.05) is 0 Å². The lowest BCUT2D eigenvalue weighted by molar-refractivity contribution is -0.132. The Labute approximate surface area is 114 Å². The van der Waals surface area contributed by atoms with Gasteiger partial charge >= 0.3 is 0 Å². The summed E-state index contributed by atoms with van der Waals surface area (Å²) >= 11 is 0. The van der Waals surface area contributed by atoms with Crippen molar-refractivity contribution >= 4 is 5.91 Å². The summed E-state index contributed by atoms with van der Waals surface area (Å²) in [5.74, 6) is 1.89. The maximum Gasteiger partial charge on any atom is 0.239 e. The largest absolute Gasteiger partial charge is 0.337 e. The summed E-state index contributed by atoms with van der Waals surface area (Å²) in [5, 5.41) is 8.31. The number of fused-ring (bicyclic) bond motifs is 1. The third kappa shape index (κ3) is 3.12. The number of unbranched alkanes of at least 4 members (excludes halogenated alkanes) is 1. The molecule has 0 saturated carbocycles. The van der Waals surface area contributed by atoms with Crippen LogP contribution in [0.2, 0.25) is 0 Å². The second-order valence-corrected chi connectivity index (χ2v) is 5.23. The number of hydrogen-bond acceptors (Lipinski definition) is 4. The average Bonchev–Trinajstić information content (AvgIpc) is 2.99. The predicted molar refractivity (Wildman–Crippen MR) is 72.3 cm³/mol. The molecule has 0 bridgehead atoms. The quantitative estimate of drug-likeness (QED) is 0.821. The van der Waals surface area contributed by atoms with Crippen LogP contribution in [0.4, 0.5) is 0 Å². The van der Waals surface area contributed by atoms with Crippen LogP contribution in [0, 0.1) is 0 Å². The highest BCUT2D eigenvalue weighted by atomic mass is 16.2. The van der Waals surface area contributed by atoms with E-state index >= 15 is 0 Å². The number of aryl methyl sites for hydroxylation is 1. The summed E-state index contributed by atoms with van der Waals surface area (Å²) in [4.78, 5) is 13.8. The molecule has 2 rings (SSSR count). The third-order valence-electron chi connectivity index (χ3n) is 3.63. The Hall–Kier alpha value is -1.43. The fourth-order valence-corrected chi connectivity index (χ4v) is 2.45. The highest BCUT2D eigenvalue weighted by Gasteiger charge is 2.22. The van der Waals surface area contributed by atoms with Crippen LogP contribution in [0.1, 0.15) is 44.3 Å². The number of aromatic nitrogens is 3. The molecular weight excluding hydrogens is 242 g/mol. The molecule has 106 valence electrons. The van der Waals surface area contributed by atoms with Crippen molar-refractivity contribution in [2.24, 2.45) is 5.73 Å². The minimum absolute atomic E-state index is 0.0104. The third-order valence-corrected chi connectivity index (χ3v) is 3.63. The van der Waals surface area contributed by atoms with Gasteiger partial charge in [-0.05, 0) is 12.8 Å². The van der Waals surface area contributed by atoms with E-state index in [9.17, 15) is 4.79 Å². The van der Waals surface area contributed by atoms with Gasteiger partial charge in [-0.2, -0.15) is 0 Å². The maximum absolute atomic E-state index is 12.1. The normalized spacial score (nSPS) is 15.3. The van der Waals surface area contributed by atoms with Crippen LogP contribution in [-0.2, 0) is 24.3 Å². The van der Waals surface area contributed by atoms with Gasteiger partial charge in [0.1, 0.15) is 5.82 Å². The van der Waals surface area contributed by atoms with E-state index < -0.39 is 6.04 Å². The lowest BCUT2D eigenvalue weighted by Crippen LogP contribution is -2.41. The molecule has 1 aromatic rings. The van der Waals surface area contributed by atoms with Crippen LogP contribution >= 0.6 is 0 Å². The van der Waals surface area contributed by atoms with Gasteiger partial charge in [0, 0.05) is 20.0 Å². The van der Waals surface area contributed by atoms with Crippen molar-refractivity contribution in [1.82, 2.24) is 19.7 Å². The number of carbonyl (C=O) groups excluding carboxylic acids is 1. The first-order chi connectivity index (χ1) is 9.13. The summed E-state index contributed by atoms with van der Waals surface area (Å²) in [6.07, 6.45) is 4.90. The summed E-state index contributed by atoms with van der Waals surface area (Å²) in [6.45, 7) is 3.55. The summed E-state index contributed by atoms with van der Waals surface area (Å²) in [5.41, 5.74) is 5.91. The first-order valence-electron chi connectivity index (χ1n) is 7.05. The zero-order chi connectivity index (χ0) is 13.8. The molecular formula is C13H23N5O. The first kappa shape index (κ1) is 14.0. The minimum atomic E-state index is -0.397. The van der Waals surface area contributed by atoms with Gasteiger partial charge in [-0.3, -0.25) is 4.79 Å². The molecule has 2 N–H and O–H groups in total. The standard InChI is InChI=1S/C13H23N5O/c1-3-4-6-10(14)13(19)17(2)9-12-16-15-11-7-5-8-18(11)12/h10H,3-9,14H2,1-2H3/t10-/m0/s1. The van der Waals surface area contributed by atoms with Crippen LogP contribution in [0.15, 0.2) is 0 Å². The van der Waals surface area contributed by atoms with Crippen LogP contribution in [-0.4, -0.2) is 38.7 Å². The molecule has 1 aliphatic heterocycles. The van der Waals surface area contributed by atoms with E-state index in [4.69, 9.17) is 5.73 Å². The zero-order valence-electron chi connectivity index (χ0n) is 11.8. The van der Waals surface area contributed by atoms with Gasteiger partial charge < -0.3 is 15.2 Å². The number of carbonyl (C=O) groups is 1. The van der Waals surface area contributed by atoms with Crippen molar-refractivity contribution in [2.45, 2.75) is 58.2 Å². The molecule has 0 unspecified atom stereocenters. The van der Waals surface area contributed by atoms with Crippen molar-refractivity contribution in [3.63, 3.8) is 0 Å². The number of amides is 1. The summed E-state index contributed by atoms with van der Waals surface area (Å²) in [6, 6.07) is -0.397. The number of nitrogens with two attached hydrogens (primary N) is 1. The zero-order valence-corrected chi connectivity index (χ0v) is 11.8. The van der Waals surface area contributed by atoms with Gasteiger partial charge in [0.05, 0.1) is 12.6 Å². The molecule has 1 atom stereocenters. The number of rotatable bonds is 6. The molecule has 1 amide bonds. The molecule has 1 aromatic heterocycles. The van der Waals surface area contributed by atoms with E-state index in [0.717, 1.165) is 50.3 Å². The molecule has 0 aliphatic carbocycles. The van der Waals surface area contributed by atoms with Crippen molar-refractivity contribution in [3.8, 4) is 0 Å². The Balaban J connectivity index is 1.93. The highest BCUT2D eigenvalue weighted by Crippen LogP contribution is 2.15. The van der Waals surface area contributed by atoms with Crippen LogP contribution in [0.3, 0.4) is 0 Å². The average molecular weight is 265 g/mol. The molecule has 19 heavy (non-hydrogen) atoms. The Morgan fingerprint density at radius 2 is 2.32 bits per heavy atom. The smallest absolute Gasteiger partial charge is 0.239 e. The SMILES string of the molecule is CCCC[C@H](N)C(=O)N(C)Cc1nnc2n1CCC2. The molecule has 0 saturated heterocycles. The van der Waals surface area contributed by atoms with E-state index in [0.29, 0.717) is 6.54 Å².